The first kappa shape index (κ1) is 16.4. The van der Waals surface area contributed by atoms with Gasteiger partial charge in [-0.05, 0) is 44.0 Å². The normalized spacial score (nSPS) is 12.9. The Morgan fingerprint density at radius 2 is 2.23 bits per heavy atom. The lowest BCUT2D eigenvalue weighted by Crippen LogP contribution is -2.29. The van der Waals surface area contributed by atoms with E-state index in [-0.39, 0.29) is 5.91 Å². The van der Waals surface area contributed by atoms with E-state index in [2.05, 4.69) is 5.32 Å². The lowest BCUT2D eigenvalue weighted by molar-refractivity contribution is -0.117. The highest BCUT2D eigenvalue weighted by Gasteiger charge is 2.17. The summed E-state index contributed by atoms with van der Waals surface area (Å²) >= 11 is 0. The number of nitrogens with one attached hydrogen (secondary N) is 1. The number of carbonyl (C=O) groups is 1. The van der Waals surface area contributed by atoms with Gasteiger partial charge in [-0.1, -0.05) is 0 Å². The van der Waals surface area contributed by atoms with Crippen molar-refractivity contribution in [2.45, 2.75) is 19.8 Å². The fraction of sp³-hybridized carbons (Fsp3) is 0.471. The molecule has 22 heavy (non-hydrogen) atoms. The molecule has 0 spiro atoms. The van der Waals surface area contributed by atoms with E-state index in [9.17, 15) is 4.79 Å². The summed E-state index contributed by atoms with van der Waals surface area (Å²) in [6.07, 6.45) is 3.71. The SMILES string of the molecule is CCOc1ccc2c(c1)C=C(C(=O)NCCCCOC)CO2. The predicted molar refractivity (Wildman–Crippen MR) is 85.2 cm³/mol. The van der Waals surface area contributed by atoms with E-state index in [1.54, 1.807) is 7.11 Å². The molecule has 120 valence electrons. The molecule has 2 rings (SSSR count). The third-order valence-corrected chi connectivity index (χ3v) is 3.36. The van der Waals surface area contributed by atoms with Crippen LogP contribution in [-0.2, 0) is 9.53 Å². The van der Waals surface area contributed by atoms with Gasteiger partial charge in [0.15, 0.2) is 0 Å². The molecular weight excluding hydrogens is 282 g/mol. The average molecular weight is 305 g/mol. The zero-order valence-electron chi connectivity index (χ0n) is 13.2. The Morgan fingerprint density at radius 1 is 1.36 bits per heavy atom. The van der Waals surface area contributed by atoms with Crippen molar-refractivity contribution in [3.05, 3.63) is 29.3 Å². The van der Waals surface area contributed by atoms with Crippen molar-refractivity contribution < 1.29 is 19.0 Å². The van der Waals surface area contributed by atoms with Gasteiger partial charge in [0.25, 0.3) is 5.91 Å². The first-order chi connectivity index (χ1) is 10.7. The first-order valence-electron chi connectivity index (χ1n) is 7.62. The maximum Gasteiger partial charge on any atom is 0.250 e. The molecule has 1 aliphatic rings. The quantitative estimate of drug-likeness (QED) is 0.749. The molecule has 0 aromatic heterocycles. The van der Waals surface area contributed by atoms with Crippen LogP contribution in [0.2, 0.25) is 0 Å². The molecule has 0 bridgehead atoms. The summed E-state index contributed by atoms with van der Waals surface area (Å²) in [4.78, 5) is 12.1. The second-order valence-corrected chi connectivity index (χ2v) is 5.05. The van der Waals surface area contributed by atoms with E-state index < -0.39 is 0 Å². The van der Waals surface area contributed by atoms with E-state index in [0.717, 1.165) is 36.5 Å². The number of amides is 1. The van der Waals surface area contributed by atoms with Gasteiger partial charge in [-0.25, -0.2) is 0 Å². The first-order valence-corrected chi connectivity index (χ1v) is 7.62. The number of unbranched alkanes of at least 4 members (excludes halogenated alkanes) is 1. The summed E-state index contributed by atoms with van der Waals surface area (Å²) in [5, 5.41) is 2.91. The fourth-order valence-electron chi connectivity index (χ4n) is 2.23. The number of ether oxygens (including phenoxy) is 3. The van der Waals surface area contributed by atoms with Crippen LogP contribution in [0.25, 0.3) is 6.08 Å². The molecule has 1 amide bonds. The number of rotatable bonds is 8. The maximum atomic E-state index is 12.1. The summed E-state index contributed by atoms with van der Waals surface area (Å²) in [6.45, 7) is 4.21. The van der Waals surface area contributed by atoms with E-state index in [1.165, 1.54) is 0 Å². The molecule has 5 nitrogen and oxygen atoms in total. The van der Waals surface area contributed by atoms with Gasteiger partial charge in [0.1, 0.15) is 18.1 Å². The molecule has 1 aliphatic heterocycles. The smallest absolute Gasteiger partial charge is 0.250 e. The highest BCUT2D eigenvalue weighted by atomic mass is 16.5. The average Bonchev–Trinajstić information content (AvgIpc) is 2.54. The van der Waals surface area contributed by atoms with Gasteiger partial charge < -0.3 is 19.5 Å². The zero-order chi connectivity index (χ0) is 15.8. The topological polar surface area (TPSA) is 56.8 Å². The van der Waals surface area contributed by atoms with Crippen molar-refractivity contribution in [1.82, 2.24) is 5.32 Å². The minimum absolute atomic E-state index is 0.0788. The number of methoxy groups -OCH3 is 1. The van der Waals surface area contributed by atoms with Gasteiger partial charge in [-0.3, -0.25) is 4.79 Å². The van der Waals surface area contributed by atoms with Gasteiger partial charge in [0, 0.05) is 25.8 Å². The Labute approximate surface area is 131 Å². The Kier molecular flexibility index (Phi) is 6.27. The lowest BCUT2D eigenvalue weighted by Gasteiger charge is -2.18. The Hall–Kier alpha value is -2.01. The van der Waals surface area contributed by atoms with E-state index in [0.29, 0.717) is 25.3 Å². The minimum Gasteiger partial charge on any atom is -0.494 e. The molecule has 0 saturated heterocycles. The van der Waals surface area contributed by atoms with Crippen LogP contribution in [-0.4, -0.2) is 39.4 Å². The van der Waals surface area contributed by atoms with Crippen molar-refractivity contribution in [2.24, 2.45) is 0 Å². The van der Waals surface area contributed by atoms with Gasteiger partial charge in [0.2, 0.25) is 0 Å². The van der Waals surface area contributed by atoms with Crippen LogP contribution < -0.4 is 14.8 Å². The van der Waals surface area contributed by atoms with Gasteiger partial charge in [-0.15, -0.1) is 0 Å². The number of hydrogen-bond donors (Lipinski definition) is 1. The lowest BCUT2D eigenvalue weighted by atomic mass is 10.1. The third kappa shape index (κ3) is 4.49. The highest BCUT2D eigenvalue weighted by molar-refractivity contribution is 5.99. The molecule has 0 unspecified atom stereocenters. The Balaban J connectivity index is 1.94. The molecule has 1 aromatic carbocycles. The van der Waals surface area contributed by atoms with Crippen molar-refractivity contribution in [1.29, 1.82) is 0 Å². The second kappa shape index (κ2) is 8.44. The van der Waals surface area contributed by atoms with Crippen molar-refractivity contribution >= 4 is 12.0 Å². The van der Waals surface area contributed by atoms with Crippen LogP contribution in [0.3, 0.4) is 0 Å². The zero-order valence-corrected chi connectivity index (χ0v) is 13.2. The number of hydrogen-bond acceptors (Lipinski definition) is 4. The monoisotopic (exact) mass is 305 g/mol. The standard InChI is InChI=1S/C17H23NO4/c1-3-21-15-6-7-16-13(11-15)10-14(12-22-16)17(19)18-8-4-5-9-20-2/h6-7,10-11H,3-5,8-9,12H2,1-2H3,(H,18,19). The van der Waals surface area contributed by atoms with Crippen molar-refractivity contribution in [3.63, 3.8) is 0 Å². The summed E-state index contributed by atoms with van der Waals surface area (Å²) < 4.78 is 16.1. The Bertz CT molecular complexity index is 539. The summed E-state index contributed by atoms with van der Waals surface area (Å²) in [7, 11) is 1.68. The van der Waals surface area contributed by atoms with Crippen LogP contribution in [0, 0.1) is 0 Å². The van der Waals surface area contributed by atoms with E-state index in [1.807, 2.05) is 31.2 Å². The molecule has 0 fully saturated rings. The van der Waals surface area contributed by atoms with Gasteiger partial charge in [0.05, 0.1) is 12.2 Å². The number of carbonyl (C=O) groups excluding carboxylic acids is 1. The molecule has 1 heterocycles. The maximum absolute atomic E-state index is 12.1. The summed E-state index contributed by atoms with van der Waals surface area (Å²) in [5.41, 5.74) is 1.51. The summed E-state index contributed by atoms with van der Waals surface area (Å²) in [5.74, 6) is 1.48. The predicted octanol–water partition coefficient (Wildman–Crippen LogP) is 2.40. The third-order valence-electron chi connectivity index (χ3n) is 3.36. The fourth-order valence-corrected chi connectivity index (χ4v) is 2.23. The van der Waals surface area contributed by atoms with Crippen molar-refractivity contribution in [3.8, 4) is 11.5 Å². The van der Waals surface area contributed by atoms with Crippen LogP contribution in [0.15, 0.2) is 23.8 Å². The van der Waals surface area contributed by atoms with Crippen LogP contribution in [0.4, 0.5) is 0 Å². The summed E-state index contributed by atoms with van der Waals surface area (Å²) in [6, 6.07) is 5.64. The molecule has 0 saturated carbocycles. The molecule has 5 heteroatoms. The van der Waals surface area contributed by atoms with E-state index in [4.69, 9.17) is 14.2 Å². The minimum atomic E-state index is -0.0788. The molecular formula is C17H23NO4. The molecule has 0 aliphatic carbocycles. The van der Waals surface area contributed by atoms with Crippen LogP contribution >= 0.6 is 0 Å². The number of fused-ring (bicyclic) bond motifs is 1. The molecule has 1 aromatic rings. The van der Waals surface area contributed by atoms with Gasteiger partial charge >= 0.3 is 0 Å². The number of benzene rings is 1. The molecule has 1 N–H and O–H groups in total. The largest absolute Gasteiger partial charge is 0.494 e. The molecule has 0 radical (unpaired) electrons. The van der Waals surface area contributed by atoms with Crippen molar-refractivity contribution in [2.75, 3.05) is 33.5 Å². The van der Waals surface area contributed by atoms with E-state index >= 15 is 0 Å². The van der Waals surface area contributed by atoms with Crippen LogP contribution in [0.5, 0.6) is 11.5 Å². The second-order valence-electron chi connectivity index (χ2n) is 5.05. The Morgan fingerprint density at radius 3 is 3.00 bits per heavy atom. The van der Waals surface area contributed by atoms with Crippen LogP contribution in [0.1, 0.15) is 25.3 Å². The molecule has 0 atom stereocenters. The highest BCUT2D eigenvalue weighted by Crippen LogP contribution is 2.30. The van der Waals surface area contributed by atoms with Gasteiger partial charge in [-0.2, -0.15) is 0 Å².